The molecule has 0 amide bonds. The van der Waals surface area contributed by atoms with Crippen LogP contribution in [-0.2, 0) is 6.61 Å². The van der Waals surface area contributed by atoms with Gasteiger partial charge in [-0.05, 0) is 98.8 Å². The number of ether oxygens (including phenoxy) is 3. The molecular formula is C31H35NO4. The minimum Gasteiger partial charge on any atom is -0.490 e. The number of carbonyl (C=O) groups is 1. The van der Waals surface area contributed by atoms with Crippen molar-refractivity contribution >= 4 is 17.5 Å². The van der Waals surface area contributed by atoms with Gasteiger partial charge in [-0.15, -0.1) is 0 Å². The van der Waals surface area contributed by atoms with Gasteiger partial charge < -0.3 is 19.1 Å². The minimum atomic E-state index is -0.00985. The van der Waals surface area contributed by atoms with Gasteiger partial charge in [-0.3, -0.25) is 4.79 Å². The number of benzene rings is 3. The van der Waals surface area contributed by atoms with Crippen molar-refractivity contribution in [3.05, 3.63) is 89.5 Å². The predicted molar refractivity (Wildman–Crippen MR) is 145 cm³/mol. The summed E-state index contributed by atoms with van der Waals surface area (Å²) in [5, 5.41) is 0. The highest BCUT2D eigenvalue weighted by molar-refractivity contribution is 6.07. The Balaban J connectivity index is 1.35. The summed E-state index contributed by atoms with van der Waals surface area (Å²) in [7, 11) is 0. The molecule has 0 saturated carbocycles. The number of nitrogens with zero attached hydrogens (tertiary/aromatic N) is 1. The molecule has 0 aromatic heterocycles. The van der Waals surface area contributed by atoms with Crippen LogP contribution < -0.4 is 19.1 Å². The molecule has 1 heterocycles. The van der Waals surface area contributed by atoms with Gasteiger partial charge in [0.25, 0.3) is 0 Å². The number of hydrogen-bond donors (Lipinski definition) is 0. The Morgan fingerprint density at radius 2 is 1.58 bits per heavy atom. The van der Waals surface area contributed by atoms with E-state index >= 15 is 0 Å². The lowest BCUT2D eigenvalue weighted by Crippen LogP contribution is -2.29. The van der Waals surface area contributed by atoms with Crippen molar-refractivity contribution in [2.45, 2.75) is 39.7 Å². The highest BCUT2D eigenvalue weighted by atomic mass is 16.5. The highest BCUT2D eigenvalue weighted by Crippen LogP contribution is 2.29. The SMILES string of the molecule is CCOc1ccc(COc2cccc(/C=C/C(=O)c3ccc(N4CCCCC4)cc3)c2)cc1OCC. The van der Waals surface area contributed by atoms with E-state index in [1.165, 1.54) is 24.9 Å². The van der Waals surface area contributed by atoms with Crippen LogP contribution >= 0.6 is 0 Å². The minimum absolute atomic E-state index is 0.00985. The molecule has 0 N–H and O–H groups in total. The third-order valence-corrected chi connectivity index (χ3v) is 6.17. The van der Waals surface area contributed by atoms with Crippen molar-refractivity contribution in [3.63, 3.8) is 0 Å². The molecular weight excluding hydrogens is 450 g/mol. The van der Waals surface area contributed by atoms with E-state index in [-0.39, 0.29) is 5.78 Å². The molecule has 1 saturated heterocycles. The molecule has 188 valence electrons. The molecule has 0 atom stereocenters. The first-order valence-corrected chi connectivity index (χ1v) is 12.8. The zero-order valence-corrected chi connectivity index (χ0v) is 21.2. The summed E-state index contributed by atoms with van der Waals surface area (Å²) in [6, 6.07) is 21.5. The molecule has 0 spiro atoms. The van der Waals surface area contributed by atoms with Crippen LogP contribution in [0.1, 0.15) is 54.6 Å². The molecule has 1 fully saturated rings. The smallest absolute Gasteiger partial charge is 0.185 e. The van der Waals surface area contributed by atoms with Gasteiger partial charge in [-0.2, -0.15) is 0 Å². The third-order valence-electron chi connectivity index (χ3n) is 6.17. The van der Waals surface area contributed by atoms with Crippen LogP contribution in [0.3, 0.4) is 0 Å². The summed E-state index contributed by atoms with van der Waals surface area (Å²) in [4.78, 5) is 15.1. The Labute approximate surface area is 214 Å². The third kappa shape index (κ3) is 6.91. The van der Waals surface area contributed by atoms with Gasteiger partial charge in [-0.25, -0.2) is 0 Å². The Morgan fingerprint density at radius 3 is 2.33 bits per heavy atom. The van der Waals surface area contributed by atoms with Gasteiger partial charge in [0.05, 0.1) is 13.2 Å². The summed E-state index contributed by atoms with van der Waals surface area (Å²) in [6.45, 7) is 7.65. The zero-order chi connectivity index (χ0) is 25.2. The van der Waals surface area contributed by atoms with Crippen LogP contribution in [0.5, 0.6) is 17.2 Å². The monoisotopic (exact) mass is 485 g/mol. The molecule has 3 aromatic carbocycles. The Hall–Kier alpha value is -3.73. The summed E-state index contributed by atoms with van der Waals surface area (Å²) in [5.74, 6) is 2.19. The molecule has 36 heavy (non-hydrogen) atoms. The first-order chi connectivity index (χ1) is 17.7. The fraction of sp³-hybridized carbons (Fsp3) is 0.323. The van der Waals surface area contributed by atoms with E-state index < -0.39 is 0 Å². The number of carbonyl (C=O) groups excluding carboxylic acids is 1. The number of anilines is 1. The van der Waals surface area contributed by atoms with Gasteiger partial charge in [0.15, 0.2) is 17.3 Å². The summed E-state index contributed by atoms with van der Waals surface area (Å²) < 4.78 is 17.3. The van der Waals surface area contributed by atoms with Crippen LogP contribution in [0, 0.1) is 0 Å². The van der Waals surface area contributed by atoms with Gasteiger partial charge in [-0.1, -0.05) is 24.3 Å². The fourth-order valence-corrected chi connectivity index (χ4v) is 4.32. The van der Waals surface area contributed by atoms with Crippen molar-refractivity contribution in [1.29, 1.82) is 0 Å². The van der Waals surface area contributed by atoms with E-state index in [4.69, 9.17) is 14.2 Å². The summed E-state index contributed by atoms with van der Waals surface area (Å²) >= 11 is 0. The van der Waals surface area contributed by atoms with E-state index in [1.54, 1.807) is 6.08 Å². The second-order valence-electron chi connectivity index (χ2n) is 8.80. The van der Waals surface area contributed by atoms with Gasteiger partial charge >= 0.3 is 0 Å². The normalized spacial score (nSPS) is 13.6. The molecule has 1 aliphatic rings. The molecule has 0 unspecified atom stereocenters. The van der Waals surface area contributed by atoms with Gasteiger partial charge in [0.2, 0.25) is 0 Å². The number of ketones is 1. The molecule has 4 rings (SSSR count). The number of hydrogen-bond acceptors (Lipinski definition) is 5. The summed E-state index contributed by atoms with van der Waals surface area (Å²) in [5.41, 5.74) is 3.79. The van der Waals surface area contributed by atoms with Crippen LogP contribution in [0.2, 0.25) is 0 Å². The van der Waals surface area contributed by atoms with Crippen LogP contribution in [0.25, 0.3) is 6.08 Å². The quantitative estimate of drug-likeness (QED) is 0.217. The van der Waals surface area contributed by atoms with E-state index in [9.17, 15) is 4.79 Å². The lowest BCUT2D eigenvalue weighted by atomic mass is 10.1. The van der Waals surface area contributed by atoms with Crippen molar-refractivity contribution < 1.29 is 19.0 Å². The average molecular weight is 486 g/mol. The second kappa shape index (κ2) is 12.8. The molecule has 5 nitrogen and oxygen atoms in total. The zero-order valence-electron chi connectivity index (χ0n) is 21.2. The first-order valence-electron chi connectivity index (χ1n) is 12.8. The van der Waals surface area contributed by atoms with E-state index in [0.717, 1.165) is 41.5 Å². The number of allylic oxidation sites excluding steroid dienone is 1. The predicted octanol–water partition coefficient (Wildman–Crippen LogP) is 6.95. The fourth-order valence-electron chi connectivity index (χ4n) is 4.32. The number of piperidine rings is 1. The number of rotatable bonds is 11. The van der Waals surface area contributed by atoms with Crippen LogP contribution in [-0.4, -0.2) is 32.1 Å². The van der Waals surface area contributed by atoms with E-state index in [1.807, 2.05) is 74.5 Å². The van der Waals surface area contributed by atoms with Crippen molar-refractivity contribution in [2.24, 2.45) is 0 Å². The second-order valence-corrected chi connectivity index (χ2v) is 8.80. The van der Waals surface area contributed by atoms with Crippen LogP contribution in [0.4, 0.5) is 5.69 Å². The van der Waals surface area contributed by atoms with E-state index in [2.05, 4.69) is 17.0 Å². The van der Waals surface area contributed by atoms with Gasteiger partial charge in [0, 0.05) is 24.3 Å². The van der Waals surface area contributed by atoms with Gasteiger partial charge in [0.1, 0.15) is 12.4 Å². The van der Waals surface area contributed by atoms with Crippen molar-refractivity contribution in [1.82, 2.24) is 0 Å². The average Bonchev–Trinajstić information content (AvgIpc) is 2.93. The molecule has 3 aromatic rings. The van der Waals surface area contributed by atoms with Crippen LogP contribution in [0.15, 0.2) is 72.8 Å². The molecule has 0 radical (unpaired) electrons. The topological polar surface area (TPSA) is 48.0 Å². The Morgan fingerprint density at radius 1 is 0.833 bits per heavy atom. The van der Waals surface area contributed by atoms with Crippen molar-refractivity contribution in [3.8, 4) is 17.2 Å². The van der Waals surface area contributed by atoms with E-state index in [0.29, 0.717) is 25.4 Å². The Kier molecular flexibility index (Phi) is 9.03. The highest BCUT2D eigenvalue weighted by Gasteiger charge is 2.11. The maximum Gasteiger partial charge on any atom is 0.185 e. The molecule has 0 bridgehead atoms. The lowest BCUT2D eigenvalue weighted by molar-refractivity contribution is 0.104. The lowest BCUT2D eigenvalue weighted by Gasteiger charge is -2.28. The molecule has 0 aliphatic carbocycles. The maximum atomic E-state index is 12.7. The largest absolute Gasteiger partial charge is 0.490 e. The molecule has 5 heteroatoms. The summed E-state index contributed by atoms with van der Waals surface area (Å²) in [6.07, 6.45) is 7.23. The first kappa shape index (κ1) is 25.4. The Bertz CT molecular complexity index is 1160. The standard InChI is InChI=1S/C31H35NO4/c1-3-34-30-18-12-25(22-31(30)35-4-2)23-36-28-10-8-9-24(21-28)11-17-29(33)26-13-15-27(16-14-26)32-19-6-5-7-20-32/h8-18,21-22H,3-7,19-20,23H2,1-2H3/b17-11+. The maximum absolute atomic E-state index is 12.7. The molecule has 1 aliphatic heterocycles. The van der Waals surface area contributed by atoms with Crippen molar-refractivity contribution in [2.75, 3.05) is 31.2 Å².